The van der Waals surface area contributed by atoms with Crippen LogP contribution in [0.3, 0.4) is 0 Å². The summed E-state index contributed by atoms with van der Waals surface area (Å²) >= 11 is 7.69. The normalized spacial score (nSPS) is 17.7. The van der Waals surface area contributed by atoms with Gasteiger partial charge in [0.2, 0.25) is 0 Å². The summed E-state index contributed by atoms with van der Waals surface area (Å²) < 4.78 is 17.5. The highest BCUT2D eigenvalue weighted by atomic mass is 35.5. The number of hydrogen-bond donors (Lipinski definition) is 0. The summed E-state index contributed by atoms with van der Waals surface area (Å²) in [6.45, 7) is 4.03. The van der Waals surface area contributed by atoms with Crippen LogP contribution in [0.15, 0.2) is 72.1 Å². The molecule has 244 valence electrons. The van der Waals surface area contributed by atoms with Crippen LogP contribution in [0.25, 0.3) is 10.6 Å². The number of cyclic esters (lactones) is 1. The number of fused-ring (bicyclic) bond motifs is 1. The van der Waals surface area contributed by atoms with Crippen molar-refractivity contribution in [2.45, 2.75) is 51.0 Å². The second-order valence-electron chi connectivity index (χ2n) is 12.2. The number of rotatable bonds is 8. The van der Waals surface area contributed by atoms with E-state index < -0.39 is 0 Å². The number of methoxy groups -OCH3 is 1. The van der Waals surface area contributed by atoms with Crippen molar-refractivity contribution in [1.29, 1.82) is 0 Å². The zero-order valence-electron chi connectivity index (χ0n) is 26.3. The summed E-state index contributed by atoms with van der Waals surface area (Å²) in [6, 6.07) is 21.1. The molecule has 4 heterocycles. The molecule has 11 heteroatoms. The van der Waals surface area contributed by atoms with E-state index >= 15 is 0 Å². The van der Waals surface area contributed by atoms with Crippen LogP contribution >= 0.6 is 22.9 Å². The molecule has 0 aliphatic carbocycles. The molecule has 47 heavy (non-hydrogen) atoms. The van der Waals surface area contributed by atoms with Gasteiger partial charge in [-0.15, -0.1) is 11.3 Å². The molecular formula is C36H37ClN4O5S. The molecule has 4 aromatic rings. The van der Waals surface area contributed by atoms with Crippen LogP contribution in [0.1, 0.15) is 47.3 Å². The van der Waals surface area contributed by atoms with Crippen LogP contribution < -0.4 is 14.4 Å². The van der Waals surface area contributed by atoms with Crippen molar-refractivity contribution in [3.8, 4) is 22.1 Å². The Hall–Kier alpha value is -4.12. The fourth-order valence-electron chi connectivity index (χ4n) is 6.65. The highest BCUT2D eigenvalue weighted by Crippen LogP contribution is 2.34. The Labute approximate surface area is 283 Å². The van der Waals surface area contributed by atoms with Gasteiger partial charge in [0.15, 0.2) is 0 Å². The third kappa shape index (κ3) is 6.95. The van der Waals surface area contributed by atoms with Crippen molar-refractivity contribution in [3.05, 3.63) is 94.0 Å². The number of benzene rings is 3. The molecule has 0 unspecified atom stereocenters. The minimum absolute atomic E-state index is 0.0228. The monoisotopic (exact) mass is 672 g/mol. The highest BCUT2D eigenvalue weighted by molar-refractivity contribution is 7.13. The maximum absolute atomic E-state index is 13.6. The largest absolute Gasteiger partial charge is 0.496 e. The summed E-state index contributed by atoms with van der Waals surface area (Å²) in [5.41, 5.74) is 4.57. The summed E-state index contributed by atoms with van der Waals surface area (Å²) in [4.78, 5) is 37.1. The van der Waals surface area contributed by atoms with E-state index in [2.05, 4.69) is 10.3 Å². The van der Waals surface area contributed by atoms with Gasteiger partial charge in [0.05, 0.1) is 24.1 Å². The van der Waals surface area contributed by atoms with Crippen LogP contribution in [-0.2, 0) is 17.9 Å². The van der Waals surface area contributed by atoms with E-state index in [0.717, 1.165) is 65.0 Å². The number of likely N-dealkylation sites (tertiary alicyclic amines) is 2. The van der Waals surface area contributed by atoms with E-state index in [1.54, 1.807) is 29.4 Å². The van der Waals surface area contributed by atoms with Crippen molar-refractivity contribution in [1.82, 2.24) is 14.8 Å². The number of ether oxygens (including phenoxy) is 3. The molecule has 0 bridgehead atoms. The van der Waals surface area contributed by atoms with Gasteiger partial charge >= 0.3 is 6.09 Å². The predicted molar refractivity (Wildman–Crippen MR) is 183 cm³/mol. The van der Waals surface area contributed by atoms with Gasteiger partial charge in [0.1, 0.15) is 29.2 Å². The lowest BCUT2D eigenvalue weighted by atomic mass is 10.00. The molecule has 3 aliphatic heterocycles. The molecule has 1 aromatic heterocycles. The molecule has 0 radical (unpaired) electrons. The molecule has 3 aromatic carbocycles. The van der Waals surface area contributed by atoms with Crippen LogP contribution in [0.5, 0.6) is 11.5 Å². The Balaban J connectivity index is 0.913. The SMILES string of the molecule is COc1cc(OC2CCN(Cc3csc(-c4ccc(Cl)cc4)n3)CC2)ccc1C(=O)N1CCC(N2C(=O)OCc3ccccc32)CC1. The van der Waals surface area contributed by atoms with E-state index in [0.29, 0.717) is 49.6 Å². The third-order valence-corrected chi connectivity index (χ3v) is 10.4. The van der Waals surface area contributed by atoms with Gasteiger partial charge in [-0.25, -0.2) is 9.78 Å². The maximum atomic E-state index is 13.6. The zero-order valence-corrected chi connectivity index (χ0v) is 27.8. The van der Waals surface area contributed by atoms with Crippen LogP contribution in [0.2, 0.25) is 5.02 Å². The lowest BCUT2D eigenvalue weighted by Crippen LogP contribution is -2.50. The third-order valence-electron chi connectivity index (χ3n) is 9.19. The fourth-order valence-corrected chi connectivity index (χ4v) is 7.59. The van der Waals surface area contributed by atoms with Gasteiger partial charge in [0.25, 0.3) is 5.91 Å². The summed E-state index contributed by atoms with van der Waals surface area (Å²) in [5.74, 6) is 1.12. The average molecular weight is 673 g/mol. The Morgan fingerprint density at radius 3 is 2.53 bits per heavy atom. The highest BCUT2D eigenvalue weighted by Gasteiger charge is 2.35. The van der Waals surface area contributed by atoms with Gasteiger partial charge in [-0.1, -0.05) is 41.9 Å². The van der Waals surface area contributed by atoms with Gasteiger partial charge < -0.3 is 19.1 Å². The number of amides is 2. The molecule has 2 amide bonds. The molecule has 9 nitrogen and oxygen atoms in total. The van der Waals surface area contributed by atoms with Crippen molar-refractivity contribution < 1.29 is 23.8 Å². The Morgan fingerprint density at radius 1 is 1.00 bits per heavy atom. The van der Waals surface area contributed by atoms with Crippen molar-refractivity contribution >= 4 is 40.6 Å². The van der Waals surface area contributed by atoms with Crippen molar-refractivity contribution in [2.24, 2.45) is 0 Å². The lowest BCUT2D eigenvalue weighted by molar-refractivity contribution is 0.0704. The molecule has 7 rings (SSSR count). The molecule has 0 atom stereocenters. The van der Waals surface area contributed by atoms with E-state index in [9.17, 15) is 9.59 Å². The van der Waals surface area contributed by atoms with Gasteiger partial charge in [-0.2, -0.15) is 0 Å². The fraction of sp³-hybridized carbons (Fsp3) is 0.361. The first-order valence-corrected chi connectivity index (χ1v) is 17.3. The smallest absolute Gasteiger partial charge is 0.414 e. The van der Waals surface area contributed by atoms with Gasteiger partial charge in [-0.3, -0.25) is 14.6 Å². The van der Waals surface area contributed by atoms with Crippen LogP contribution in [0.4, 0.5) is 10.5 Å². The topological polar surface area (TPSA) is 84.4 Å². The molecule has 2 saturated heterocycles. The first kappa shape index (κ1) is 31.5. The molecular weight excluding hydrogens is 636 g/mol. The molecule has 0 saturated carbocycles. The first-order valence-electron chi connectivity index (χ1n) is 16.1. The standard InChI is InChI=1S/C36H37ClN4O5S/c1-44-33-20-30(46-29-14-16-39(17-15-29)21-27-23-47-34(38-27)24-6-8-26(37)9-7-24)10-11-31(33)35(42)40-18-12-28(13-19-40)41-32-5-3-2-4-25(32)22-45-36(41)43/h2-11,20,23,28-29H,12-19,21-22H2,1H3. The number of piperidine rings is 2. The lowest BCUT2D eigenvalue weighted by Gasteiger charge is -2.40. The van der Waals surface area contributed by atoms with Crippen LogP contribution in [-0.4, -0.2) is 72.2 Å². The quantitative estimate of drug-likeness (QED) is 0.195. The van der Waals surface area contributed by atoms with E-state index in [-0.39, 0.29) is 24.1 Å². The predicted octanol–water partition coefficient (Wildman–Crippen LogP) is 7.28. The number of nitrogens with zero attached hydrogens (tertiary/aromatic N) is 4. The second kappa shape index (κ2) is 13.9. The first-order chi connectivity index (χ1) is 22.9. The Kier molecular flexibility index (Phi) is 9.33. The van der Waals surface area contributed by atoms with E-state index in [1.807, 2.05) is 65.6 Å². The molecule has 0 spiro atoms. The number of hydrogen-bond acceptors (Lipinski definition) is 8. The molecule has 3 aliphatic rings. The number of carbonyl (C=O) groups excluding carboxylic acids is 2. The number of halogens is 1. The number of carbonyl (C=O) groups is 2. The minimum atomic E-state index is -0.320. The van der Waals surface area contributed by atoms with Gasteiger partial charge in [0, 0.05) is 66.4 Å². The number of anilines is 1. The van der Waals surface area contributed by atoms with E-state index in [4.69, 9.17) is 30.8 Å². The molecule has 0 N–H and O–H groups in total. The van der Waals surface area contributed by atoms with Crippen molar-refractivity contribution in [2.75, 3.05) is 38.2 Å². The number of thiazole rings is 1. The number of para-hydroxylation sites is 1. The van der Waals surface area contributed by atoms with Crippen molar-refractivity contribution in [3.63, 3.8) is 0 Å². The second-order valence-corrected chi connectivity index (χ2v) is 13.5. The zero-order chi connectivity index (χ0) is 32.3. The van der Waals surface area contributed by atoms with Gasteiger partial charge in [-0.05, 0) is 56.0 Å². The average Bonchev–Trinajstić information content (AvgIpc) is 3.57. The Morgan fingerprint density at radius 2 is 1.77 bits per heavy atom. The summed E-state index contributed by atoms with van der Waals surface area (Å²) in [6.07, 6.45) is 2.91. The summed E-state index contributed by atoms with van der Waals surface area (Å²) in [7, 11) is 1.58. The minimum Gasteiger partial charge on any atom is -0.496 e. The Bertz CT molecular complexity index is 1730. The number of aromatic nitrogens is 1. The molecule has 2 fully saturated rings. The maximum Gasteiger partial charge on any atom is 0.414 e. The van der Waals surface area contributed by atoms with Crippen LogP contribution in [0, 0.1) is 0 Å². The summed E-state index contributed by atoms with van der Waals surface area (Å²) in [5, 5.41) is 3.86. The van der Waals surface area contributed by atoms with E-state index in [1.165, 1.54) is 0 Å².